The van der Waals surface area contributed by atoms with Crippen molar-refractivity contribution in [3.05, 3.63) is 76.9 Å². The van der Waals surface area contributed by atoms with Crippen LogP contribution >= 0.6 is 22.9 Å². The van der Waals surface area contributed by atoms with Gasteiger partial charge in [0.15, 0.2) is 4.96 Å². The standard InChI is InChI=1S/C19H14ClN3OS/c20-16-7-2-1-4-13(16)11-18(24)21-15-6-3-5-14(10-15)17-12-23-8-9-25-19(23)22-17/h1-10,12H,11H2,(H,21,24). The van der Waals surface area contributed by atoms with E-state index in [1.165, 1.54) is 0 Å². The molecule has 4 rings (SSSR count). The van der Waals surface area contributed by atoms with Crippen molar-refractivity contribution in [3.8, 4) is 11.3 Å². The molecule has 0 radical (unpaired) electrons. The number of aromatic nitrogens is 2. The van der Waals surface area contributed by atoms with Crippen molar-refractivity contribution in [1.82, 2.24) is 9.38 Å². The zero-order chi connectivity index (χ0) is 17.2. The van der Waals surface area contributed by atoms with Crippen LogP contribution in [0.15, 0.2) is 66.3 Å². The summed E-state index contributed by atoms with van der Waals surface area (Å²) < 4.78 is 1.99. The van der Waals surface area contributed by atoms with Gasteiger partial charge in [-0.2, -0.15) is 0 Å². The van der Waals surface area contributed by atoms with Crippen LogP contribution in [0, 0.1) is 0 Å². The third kappa shape index (κ3) is 3.43. The Hall–Kier alpha value is -2.63. The zero-order valence-corrected chi connectivity index (χ0v) is 14.7. The Balaban J connectivity index is 1.52. The minimum Gasteiger partial charge on any atom is -0.326 e. The fraction of sp³-hybridized carbons (Fsp3) is 0.0526. The Bertz CT molecular complexity index is 1020. The quantitative estimate of drug-likeness (QED) is 0.557. The molecule has 0 saturated carbocycles. The van der Waals surface area contributed by atoms with Crippen LogP contribution in [-0.4, -0.2) is 15.3 Å². The average molecular weight is 368 g/mol. The first-order chi connectivity index (χ1) is 12.2. The number of fused-ring (bicyclic) bond motifs is 1. The smallest absolute Gasteiger partial charge is 0.228 e. The predicted octanol–water partition coefficient (Wildman–Crippen LogP) is 4.90. The van der Waals surface area contributed by atoms with Crippen molar-refractivity contribution in [2.75, 3.05) is 5.32 Å². The number of carbonyl (C=O) groups is 1. The number of hydrogen-bond acceptors (Lipinski definition) is 3. The van der Waals surface area contributed by atoms with E-state index in [4.69, 9.17) is 11.6 Å². The molecule has 0 fully saturated rings. The van der Waals surface area contributed by atoms with E-state index in [9.17, 15) is 4.79 Å². The van der Waals surface area contributed by atoms with E-state index in [2.05, 4.69) is 10.3 Å². The van der Waals surface area contributed by atoms with Crippen LogP contribution in [0.1, 0.15) is 5.56 Å². The summed E-state index contributed by atoms with van der Waals surface area (Å²) in [6.45, 7) is 0. The van der Waals surface area contributed by atoms with E-state index >= 15 is 0 Å². The fourth-order valence-electron chi connectivity index (χ4n) is 2.64. The highest BCUT2D eigenvalue weighted by Gasteiger charge is 2.09. The molecule has 0 atom stereocenters. The highest BCUT2D eigenvalue weighted by molar-refractivity contribution is 7.15. The van der Waals surface area contributed by atoms with Crippen molar-refractivity contribution in [3.63, 3.8) is 0 Å². The molecule has 2 aromatic heterocycles. The second kappa shape index (κ2) is 6.70. The normalized spacial score (nSPS) is 10.9. The Morgan fingerprint density at radius 2 is 2.08 bits per heavy atom. The van der Waals surface area contributed by atoms with Gasteiger partial charge in [-0.1, -0.05) is 41.9 Å². The van der Waals surface area contributed by atoms with Gasteiger partial charge in [-0.15, -0.1) is 11.3 Å². The summed E-state index contributed by atoms with van der Waals surface area (Å²) in [6, 6.07) is 15.1. The molecular formula is C19H14ClN3OS. The van der Waals surface area contributed by atoms with Gasteiger partial charge in [-0.05, 0) is 23.8 Å². The van der Waals surface area contributed by atoms with Gasteiger partial charge in [0, 0.05) is 34.0 Å². The number of hydrogen-bond donors (Lipinski definition) is 1. The van der Waals surface area contributed by atoms with E-state index in [0.29, 0.717) is 5.02 Å². The first kappa shape index (κ1) is 15.9. The summed E-state index contributed by atoms with van der Waals surface area (Å²) in [7, 11) is 0. The maximum atomic E-state index is 12.3. The molecule has 0 aliphatic carbocycles. The van der Waals surface area contributed by atoms with Gasteiger partial charge in [0.25, 0.3) is 0 Å². The van der Waals surface area contributed by atoms with Crippen molar-refractivity contribution in [2.45, 2.75) is 6.42 Å². The molecule has 1 amide bonds. The molecule has 4 aromatic rings. The molecule has 0 bridgehead atoms. The zero-order valence-electron chi connectivity index (χ0n) is 13.1. The maximum absolute atomic E-state index is 12.3. The molecule has 0 aliphatic heterocycles. The Morgan fingerprint density at radius 3 is 2.92 bits per heavy atom. The average Bonchev–Trinajstić information content (AvgIpc) is 3.19. The number of nitrogens with one attached hydrogen (secondary N) is 1. The molecule has 2 aromatic carbocycles. The highest BCUT2D eigenvalue weighted by atomic mass is 35.5. The van der Waals surface area contributed by atoms with Crippen LogP contribution in [0.25, 0.3) is 16.2 Å². The molecule has 0 aliphatic rings. The third-order valence-electron chi connectivity index (χ3n) is 3.84. The van der Waals surface area contributed by atoms with Gasteiger partial charge in [0.05, 0.1) is 12.1 Å². The molecule has 124 valence electrons. The predicted molar refractivity (Wildman–Crippen MR) is 102 cm³/mol. The molecule has 0 unspecified atom stereocenters. The monoisotopic (exact) mass is 367 g/mol. The molecule has 0 saturated heterocycles. The lowest BCUT2D eigenvalue weighted by atomic mass is 10.1. The number of carbonyl (C=O) groups excluding carboxylic acids is 1. The van der Waals surface area contributed by atoms with Crippen LogP contribution in [0.3, 0.4) is 0 Å². The van der Waals surface area contributed by atoms with Crippen molar-refractivity contribution < 1.29 is 4.79 Å². The largest absolute Gasteiger partial charge is 0.326 e. The number of nitrogens with zero attached hydrogens (tertiary/aromatic N) is 2. The van der Waals surface area contributed by atoms with E-state index in [1.807, 2.05) is 64.6 Å². The topological polar surface area (TPSA) is 46.4 Å². The Labute approximate surface area is 153 Å². The number of imidazole rings is 1. The number of benzene rings is 2. The summed E-state index contributed by atoms with van der Waals surface area (Å²) in [6.07, 6.45) is 4.20. The summed E-state index contributed by atoms with van der Waals surface area (Å²) in [5.74, 6) is -0.101. The van der Waals surface area contributed by atoms with Crippen LogP contribution < -0.4 is 5.32 Å². The number of amides is 1. The Morgan fingerprint density at radius 1 is 1.20 bits per heavy atom. The van der Waals surface area contributed by atoms with Crippen LogP contribution in [-0.2, 0) is 11.2 Å². The number of rotatable bonds is 4. The van der Waals surface area contributed by atoms with E-state index in [1.54, 1.807) is 17.4 Å². The lowest BCUT2D eigenvalue weighted by Gasteiger charge is -2.07. The summed E-state index contributed by atoms with van der Waals surface area (Å²) in [5, 5.41) is 5.52. The van der Waals surface area contributed by atoms with Crippen molar-refractivity contribution in [1.29, 1.82) is 0 Å². The number of halogens is 1. The van der Waals surface area contributed by atoms with Crippen LogP contribution in [0.5, 0.6) is 0 Å². The molecule has 1 N–H and O–H groups in total. The molecule has 6 heteroatoms. The van der Waals surface area contributed by atoms with Crippen LogP contribution in [0.4, 0.5) is 5.69 Å². The Kier molecular flexibility index (Phi) is 4.26. The minimum absolute atomic E-state index is 0.101. The lowest BCUT2D eigenvalue weighted by Crippen LogP contribution is -2.14. The number of thiazole rings is 1. The first-order valence-electron chi connectivity index (χ1n) is 7.75. The minimum atomic E-state index is -0.101. The number of anilines is 1. The second-order valence-corrected chi connectivity index (χ2v) is 6.90. The van der Waals surface area contributed by atoms with Gasteiger partial charge in [-0.25, -0.2) is 4.98 Å². The maximum Gasteiger partial charge on any atom is 0.228 e. The van der Waals surface area contributed by atoms with Gasteiger partial charge in [-0.3, -0.25) is 9.20 Å². The van der Waals surface area contributed by atoms with E-state index in [0.717, 1.165) is 27.5 Å². The molecular weight excluding hydrogens is 354 g/mol. The fourth-order valence-corrected chi connectivity index (χ4v) is 3.55. The van der Waals surface area contributed by atoms with Gasteiger partial charge < -0.3 is 5.32 Å². The molecule has 0 spiro atoms. The van der Waals surface area contributed by atoms with E-state index < -0.39 is 0 Å². The molecule has 2 heterocycles. The highest BCUT2D eigenvalue weighted by Crippen LogP contribution is 2.24. The van der Waals surface area contributed by atoms with Gasteiger partial charge >= 0.3 is 0 Å². The van der Waals surface area contributed by atoms with Crippen LogP contribution in [0.2, 0.25) is 5.02 Å². The van der Waals surface area contributed by atoms with E-state index in [-0.39, 0.29) is 12.3 Å². The summed E-state index contributed by atoms with van der Waals surface area (Å²) in [4.78, 5) is 17.8. The second-order valence-electron chi connectivity index (χ2n) is 5.62. The summed E-state index contributed by atoms with van der Waals surface area (Å²) >= 11 is 7.70. The molecule has 4 nitrogen and oxygen atoms in total. The van der Waals surface area contributed by atoms with Crippen molar-refractivity contribution >= 4 is 39.5 Å². The van der Waals surface area contributed by atoms with Gasteiger partial charge in [0.1, 0.15) is 0 Å². The first-order valence-corrected chi connectivity index (χ1v) is 9.01. The third-order valence-corrected chi connectivity index (χ3v) is 4.98. The van der Waals surface area contributed by atoms with Crippen molar-refractivity contribution in [2.24, 2.45) is 0 Å². The SMILES string of the molecule is O=C(Cc1ccccc1Cl)Nc1cccc(-c2cn3ccsc3n2)c1. The lowest BCUT2D eigenvalue weighted by molar-refractivity contribution is -0.115. The molecule has 25 heavy (non-hydrogen) atoms. The summed E-state index contributed by atoms with van der Waals surface area (Å²) in [5.41, 5.74) is 3.40. The van der Waals surface area contributed by atoms with Gasteiger partial charge in [0.2, 0.25) is 5.91 Å².